The number of cyclic esters (lactones) is 1. The van der Waals surface area contributed by atoms with Crippen molar-refractivity contribution < 1.29 is 33.0 Å². The van der Waals surface area contributed by atoms with Crippen LogP contribution in [0.4, 0.5) is 20.8 Å². The van der Waals surface area contributed by atoms with Crippen molar-refractivity contribution in [1.82, 2.24) is 20.2 Å². The van der Waals surface area contributed by atoms with Crippen LogP contribution in [0.25, 0.3) is 11.1 Å². The topological polar surface area (TPSA) is 126 Å². The van der Waals surface area contributed by atoms with Crippen LogP contribution in [0.15, 0.2) is 48.8 Å². The van der Waals surface area contributed by atoms with Gasteiger partial charge in [0.25, 0.3) is 0 Å². The van der Waals surface area contributed by atoms with Crippen molar-refractivity contribution in [3.8, 4) is 22.6 Å². The fourth-order valence-electron chi connectivity index (χ4n) is 5.08. The number of piperazine rings is 1. The molecule has 0 unspecified atom stereocenters. The van der Waals surface area contributed by atoms with Crippen molar-refractivity contribution in [2.24, 2.45) is 0 Å². The molecule has 0 bridgehead atoms. The van der Waals surface area contributed by atoms with Crippen molar-refractivity contribution in [1.29, 1.82) is 0 Å². The molecule has 0 saturated carbocycles. The third kappa shape index (κ3) is 6.76. The van der Waals surface area contributed by atoms with E-state index < -0.39 is 18.0 Å². The van der Waals surface area contributed by atoms with E-state index in [2.05, 4.69) is 15.3 Å². The molecular weight excluding hydrogens is 559 g/mol. The molecule has 13 heteroatoms. The second-order valence-electron chi connectivity index (χ2n) is 10.2. The number of anilines is 2. The lowest BCUT2D eigenvalue weighted by atomic mass is 10.1. The summed E-state index contributed by atoms with van der Waals surface area (Å²) < 4.78 is 31.1. The lowest BCUT2D eigenvalue weighted by Gasteiger charge is -2.34. The van der Waals surface area contributed by atoms with Crippen LogP contribution in [-0.2, 0) is 20.7 Å². The van der Waals surface area contributed by atoms with Gasteiger partial charge in [-0.1, -0.05) is 0 Å². The number of amides is 3. The molecule has 5 rings (SSSR count). The van der Waals surface area contributed by atoms with Gasteiger partial charge in [0.15, 0.2) is 0 Å². The minimum absolute atomic E-state index is 0.00756. The Labute approximate surface area is 248 Å². The summed E-state index contributed by atoms with van der Waals surface area (Å²) in [5, 5.41) is 2.61. The van der Waals surface area contributed by atoms with E-state index in [1.807, 2.05) is 11.0 Å². The predicted octanol–water partition coefficient (Wildman–Crippen LogP) is 2.65. The lowest BCUT2D eigenvalue weighted by Crippen LogP contribution is -2.49. The van der Waals surface area contributed by atoms with Gasteiger partial charge in [0.05, 0.1) is 39.4 Å². The number of carbonyl (C=O) groups is 3. The molecule has 1 aromatic heterocycles. The average molecular weight is 593 g/mol. The number of hydrogen-bond donors (Lipinski definition) is 1. The highest BCUT2D eigenvalue weighted by atomic mass is 19.1. The van der Waals surface area contributed by atoms with Gasteiger partial charge < -0.3 is 29.3 Å². The van der Waals surface area contributed by atoms with E-state index in [-0.39, 0.29) is 31.3 Å². The monoisotopic (exact) mass is 592 g/mol. The largest absolute Gasteiger partial charge is 0.497 e. The van der Waals surface area contributed by atoms with Gasteiger partial charge in [-0.15, -0.1) is 0 Å². The van der Waals surface area contributed by atoms with Gasteiger partial charge in [0.1, 0.15) is 23.4 Å². The highest BCUT2D eigenvalue weighted by Crippen LogP contribution is 2.29. The third-order valence-corrected chi connectivity index (χ3v) is 7.41. The summed E-state index contributed by atoms with van der Waals surface area (Å²) in [4.78, 5) is 50.5. The maximum atomic E-state index is 15.1. The summed E-state index contributed by atoms with van der Waals surface area (Å²) in [5.74, 6) is 1.02. The standard InChI is InChI=1S/C30H33FN6O6/c1-19(38)32-17-24-18-37(30(40)43-24)22-4-6-25(26(31)14-22)21-15-33-29(34-16-21)36-10-8-35(9-11-36)28(39)13-20-12-23(41-2)5-7-27(20)42-3/h4-7,12,14-16,24H,8-11,13,17-18H2,1-3H3,(H,32,38)/t24-/m0/s1. The number of rotatable bonds is 9. The first-order valence-electron chi connectivity index (χ1n) is 13.8. The molecule has 2 aliphatic heterocycles. The van der Waals surface area contributed by atoms with E-state index in [1.165, 1.54) is 17.9 Å². The van der Waals surface area contributed by atoms with E-state index in [0.29, 0.717) is 60.4 Å². The summed E-state index contributed by atoms with van der Waals surface area (Å²) in [6.07, 6.45) is 2.20. The van der Waals surface area contributed by atoms with Crippen molar-refractivity contribution in [3.63, 3.8) is 0 Å². The van der Waals surface area contributed by atoms with E-state index in [9.17, 15) is 14.4 Å². The quantitative estimate of drug-likeness (QED) is 0.399. The molecule has 3 amide bonds. The molecule has 2 fully saturated rings. The first-order valence-corrected chi connectivity index (χ1v) is 13.8. The fourth-order valence-corrected chi connectivity index (χ4v) is 5.08. The van der Waals surface area contributed by atoms with E-state index in [4.69, 9.17) is 14.2 Å². The van der Waals surface area contributed by atoms with Gasteiger partial charge in [-0.05, 0) is 36.4 Å². The Morgan fingerprint density at radius 1 is 1.05 bits per heavy atom. The highest BCUT2D eigenvalue weighted by Gasteiger charge is 2.33. The molecule has 12 nitrogen and oxygen atoms in total. The average Bonchev–Trinajstić information content (AvgIpc) is 3.40. The molecule has 1 atom stereocenters. The smallest absolute Gasteiger partial charge is 0.414 e. The zero-order chi connectivity index (χ0) is 30.5. The van der Waals surface area contributed by atoms with Crippen LogP contribution in [-0.4, -0.2) is 92.4 Å². The Bertz CT molecular complexity index is 1490. The maximum Gasteiger partial charge on any atom is 0.414 e. The Balaban J connectivity index is 1.17. The van der Waals surface area contributed by atoms with Gasteiger partial charge in [-0.2, -0.15) is 0 Å². The van der Waals surface area contributed by atoms with E-state index in [1.54, 1.807) is 55.8 Å². The molecule has 43 heavy (non-hydrogen) atoms. The molecule has 2 aromatic carbocycles. The number of methoxy groups -OCH3 is 2. The first-order chi connectivity index (χ1) is 20.7. The number of nitrogens with zero attached hydrogens (tertiary/aromatic N) is 5. The number of carbonyl (C=O) groups excluding carboxylic acids is 3. The zero-order valence-corrected chi connectivity index (χ0v) is 24.2. The maximum absolute atomic E-state index is 15.1. The van der Waals surface area contributed by atoms with Crippen molar-refractivity contribution >= 4 is 29.5 Å². The number of hydrogen-bond acceptors (Lipinski definition) is 9. The number of halogens is 1. The number of ether oxygens (including phenoxy) is 3. The number of aromatic nitrogens is 2. The predicted molar refractivity (Wildman–Crippen MR) is 156 cm³/mol. The molecule has 3 heterocycles. The Kier molecular flexibility index (Phi) is 8.88. The number of nitrogens with one attached hydrogen (secondary N) is 1. The van der Waals surface area contributed by atoms with Gasteiger partial charge in [-0.3, -0.25) is 14.5 Å². The van der Waals surface area contributed by atoms with Crippen LogP contribution in [0, 0.1) is 5.82 Å². The molecule has 2 aliphatic rings. The summed E-state index contributed by atoms with van der Waals surface area (Å²) >= 11 is 0. The van der Waals surface area contributed by atoms with Crippen LogP contribution >= 0.6 is 0 Å². The molecular formula is C30H33FN6O6. The van der Waals surface area contributed by atoms with Gasteiger partial charge in [0.2, 0.25) is 17.8 Å². The van der Waals surface area contributed by atoms with Gasteiger partial charge >= 0.3 is 6.09 Å². The molecule has 226 valence electrons. The van der Waals surface area contributed by atoms with Gasteiger partial charge in [-0.25, -0.2) is 19.2 Å². The van der Waals surface area contributed by atoms with Crippen molar-refractivity contribution in [2.75, 3.05) is 63.3 Å². The summed E-state index contributed by atoms with van der Waals surface area (Å²) in [6.45, 7) is 3.89. The summed E-state index contributed by atoms with van der Waals surface area (Å²) in [5.41, 5.74) is 1.90. The summed E-state index contributed by atoms with van der Waals surface area (Å²) in [7, 11) is 3.15. The van der Waals surface area contributed by atoms with Crippen molar-refractivity contribution in [2.45, 2.75) is 19.4 Å². The van der Waals surface area contributed by atoms with Crippen LogP contribution in [0.1, 0.15) is 12.5 Å². The minimum atomic E-state index is -0.600. The SMILES string of the molecule is COc1ccc(OC)c(CC(=O)N2CCN(c3ncc(-c4ccc(N5C[C@H](CNC(C)=O)OC5=O)cc4F)cn3)CC2)c1. The van der Waals surface area contributed by atoms with Crippen LogP contribution in [0.5, 0.6) is 11.5 Å². The lowest BCUT2D eigenvalue weighted by molar-refractivity contribution is -0.130. The van der Waals surface area contributed by atoms with Gasteiger partial charge in [0, 0.05) is 62.2 Å². The molecule has 0 radical (unpaired) electrons. The second-order valence-corrected chi connectivity index (χ2v) is 10.2. The zero-order valence-electron chi connectivity index (χ0n) is 24.2. The molecule has 0 aliphatic carbocycles. The normalized spacial score (nSPS) is 16.6. The van der Waals surface area contributed by atoms with Crippen LogP contribution < -0.4 is 24.6 Å². The molecule has 3 aromatic rings. The Hall–Kier alpha value is -4.94. The minimum Gasteiger partial charge on any atom is -0.497 e. The first kappa shape index (κ1) is 29.5. The fraction of sp³-hybridized carbons (Fsp3) is 0.367. The van der Waals surface area contributed by atoms with Crippen LogP contribution in [0.2, 0.25) is 0 Å². The van der Waals surface area contributed by atoms with E-state index in [0.717, 1.165) is 5.56 Å². The van der Waals surface area contributed by atoms with E-state index >= 15 is 4.39 Å². The molecule has 0 spiro atoms. The Morgan fingerprint density at radius 3 is 2.44 bits per heavy atom. The Morgan fingerprint density at radius 2 is 1.79 bits per heavy atom. The van der Waals surface area contributed by atoms with Crippen LogP contribution in [0.3, 0.4) is 0 Å². The van der Waals surface area contributed by atoms with Crippen molar-refractivity contribution in [3.05, 3.63) is 60.2 Å². The molecule has 2 saturated heterocycles. The summed E-state index contributed by atoms with van der Waals surface area (Å²) in [6, 6.07) is 9.86. The third-order valence-electron chi connectivity index (χ3n) is 7.41. The second kappa shape index (κ2) is 12.9. The molecule has 1 N–H and O–H groups in total. The highest BCUT2D eigenvalue weighted by molar-refractivity contribution is 5.90. The number of benzene rings is 2.